The van der Waals surface area contributed by atoms with E-state index >= 15 is 0 Å². The van der Waals surface area contributed by atoms with Crippen molar-refractivity contribution >= 4 is 65.8 Å². The smallest absolute Gasteiger partial charge is 0.0701 e. The number of rotatable bonds is 4. The highest BCUT2D eigenvalue weighted by Gasteiger charge is 2.14. The number of nitrogens with one attached hydrogen (secondary N) is 1. The van der Waals surface area contributed by atoms with Crippen LogP contribution in [0.15, 0.2) is 38.6 Å². The van der Waals surface area contributed by atoms with Crippen molar-refractivity contribution in [1.82, 2.24) is 5.32 Å². The molecule has 5 heteroatoms. The lowest BCUT2D eigenvalue weighted by atomic mass is 10.0. The Kier molecular flexibility index (Phi) is 5.68. The number of halogens is 3. The maximum atomic E-state index is 3.55. The van der Waals surface area contributed by atoms with Crippen molar-refractivity contribution in [3.05, 3.63) is 52.6 Å². The zero-order valence-electron chi connectivity index (χ0n) is 9.71. The topological polar surface area (TPSA) is 12.0 Å². The molecule has 2 aromatic rings. The van der Waals surface area contributed by atoms with Crippen molar-refractivity contribution in [1.29, 1.82) is 0 Å². The number of hydrogen-bond donors (Lipinski definition) is 1. The minimum atomic E-state index is 0.347. The summed E-state index contributed by atoms with van der Waals surface area (Å²) >= 11 is 11.3. The first-order chi connectivity index (χ1) is 8.60. The third-order valence-corrected chi connectivity index (χ3v) is 5.84. The predicted molar refractivity (Wildman–Crippen MR) is 94.4 cm³/mol. The third kappa shape index (κ3) is 3.79. The summed E-state index contributed by atoms with van der Waals surface area (Å²) in [5.41, 5.74) is 1.34. The van der Waals surface area contributed by atoms with Gasteiger partial charge in [0.05, 0.1) is 3.79 Å². The van der Waals surface area contributed by atoms with Gasteiger partial charge in [-0.15, -0.1) is 11.3 Å². The molecular weight excluding hydrogens is 489 g/mol. The molecule has 0 aliphatic heterocycles. The lowest BCUT2D eigenvalue weighted by molar-refractivity contribution is 0.593. The molecule has 1 nitrogen and oxygen atoms in total. The van der Waals surface area contributed by atoms with Crippen LogP contribution in [0.2, 0.25) is 0 Å². The van der Waals surface area contributed by atoms with Gasteiger partial charge in [-0.25, -0.2) is 0 Å². The van der Waals surface area contributed by atoms with E-state index in [0.717, 1.165) is 10.9 Å². The average molecular weight is 501 g/mol. The molecule has 1 atom stereocenters. The van der Waals surface area contributed by atoms with Gasteiger partial charge >= 0.3 is 0 Å². The van der Waals surface area contributed by atoms with Gasteiger partial charge in [-0.05, 0) is 81.5 Å². The zero-order chi connectivity index (χ0) is 13.1. The minimum absolute atomic E-state index is 0.347. The first kappa shape index (κ1) is 15.0. The monoisotopic (exact) mass is 499 g/mol. The van der Waals surface area contributed by atoms with E-state index in [9.17, 15) is 0 Å². The Labute approximate surface area is 142 Å². The lowest BCUT2D eigenvalue weighted by Gasteiger charge is -2.18. The van der Waals surface area contributed by atoms with Gasteiger partial charge in [0.1, 0.15) is 0 Å². The summed E-state index contributed by atoms with van der Waals surface area (Å²) in [6.45, 7) is 0. The molecular formula is C13H12Br2INS. The minimum Gasteiger partial charge on any atom is -0.313 e. The molecule has 0 saturated carbocycles. The number of thiophene rings is 1. The first-order valence-electron chi connectivity index (χ1n) is 5.46. The quantitative estimate of drug-likeness (QED) is 0.556. The van der Waals surface area contributed by atoms with Crippen LogP contribution >= 0.6 is 65.8 Å². The molecule has 0 radical (unpaired) electrons. The third-order valence-electron chi connectivity index (χ3n) is 2.72. The van der Waals surface area contributed by atoms with E-state index in [1.807, 2.05) is 7.05 Å². The standard InChI is InChI=1S/C13H12Br2INS/c1-17-12(7-9-3-5-13(15)18-9)10-6-8(14)2-4-11(10)16/h2-6,12,17H,7H2,1H3. The highest BCUT2D eigenvalue weighted by Crippen LogP contribution is 2.30. The molecule has 0 fully saturated rings. The molecule has 0 aliphatic carbocycles. The van der Waals surface area contributed by atoms with E-state index in [1.165, 1.54) is 17.8 Å². The summed E-state index contributed by atoms with van der Waals surface area (Å²) in [7, 11) is 2.02. The van der Waals surface area contributed by atoms with Gasteiger partial charge < -0.3 is 5.32 Å². The fraction of sp³-hybridized carbons (Fsp3) is 0.231. The molecule has 0 spiro atoms. The van der Waals surface area contributed by atoms with Crippen molar-refractivity contribution in [3.8, 4) is 0 Å². The summed E-state index contributed by atoms with van der Waals surface area (Å²) in [4.78, 5) is 1.39. The van der Waals surface area contributed by atoms with Gasteiger partial charge in [-0.2, -0.15) is 0 Å². The van der Waals surface area contributed by atoms with E-state index in [1.54, 1.807) is 11.3 Å². The Morgan fingerprint density at radius 3 is 2.67 bits per heavy atom. The Hall–Kier alpha value is 0.570. The molecule has 1 unspecified atom stereocenters. The lowest BCUT2D eigenvalue weighted by Crippen LogP contribution is -2.19. The van der Waals surface area contributed by atoms with E-state index in [-0.39, 0.29) is 0 Å². The Bertz CT molecular complexity index is 542. The normalized spacial score (nSPS) is 12.7. The summed E-state index contributed by atoms with van der Waals surface area (Å²) in [5, 5.41) is 3.41. The van der Waals surface area contributed by atoms with E-state index < -0.39 is 0 Å². The molecule has 1 aromatic heterocycles. The second-order valence-electron chi connectivity index (χ2n) is 3.92. The summed E-state index contributed by atoms with van der Waals surface area (Å²) < 4.78 is 3.62. The van der Waals surface area contributed by atoms with Crippen LogP contribution in [0.25, 0.3) is 0 Å². The molecule has 0 saturated heterocycles. The van der Waals surface area contributed by atoms with Gasteiger partial charge in [0, 0.05) is 25.4 Å². The first-order valence-corrected chi connectivity index (χ1v) is 8.94. The molecule has 18 heavy (non-hydrogen) atoms. The van der Waals surface area contributed by atoms with Crippen molar-refractivity contribution in [2.24, 2.45) is 0 Å². The zero-order valence-corrected chi connectivity index (χ0v) is 15.9. The number of benzene rings is 1. The fourth-order valence-electron chi connectivity index (χ4n) is 1.81. The maximum absolute atomic E-state index is 3.55. The van der Waals surface area contributed by atoms with Crippen molar-refractivity contribution < 1.29 is 0 Å². The van der Waals surface area contributed by atoms with E-state index in [2.05, 4.69) is 90.1 Å². The summed E-state index contributed by atoms with van der Waals surface area (Å²) in [6.07, 6.45) is 1.01. The highest BCUT2D eigenvalue weighted by molar-refractivity contribution is 14.1. The summed E-state index contributed by atoms with van der Waals surface area (Å²) in [6, 6.07) is 11.1. The Balaban J connectivity index is 2.25. The van der Waals surface area contributed by atoms with Crippen molar-refractivity contribution in [2.75, 3.05) is 7.05 Å². The van der Waals surface area contributed by atoms with Crippen LogP contribution < -0.4 is 5.32 Å². The molecule has 0 bridgehead atoms. The molecule has 2 rings (SSSR count). The molecule has 1 heterocycles. The van der Waals surface area contributed by atoms with Gasteiger partial charge in [0.15, 0.2) is 0 Å². The van der Waals surface area contributed by atoms with E-state index in [4.69, 9.17) is 0 Å². The Morgan fingerprint density at radius 1 is 1.28 bits per heavy atom. The molecule has 96 valence electrons. The largest absolute Gasteiger partial charge is 0.313 e. The second kappa shape index (κ2) is 6.83. The van der Waals surface area contributed by atoms with Crippen molar-refractivity contribution in [2.45, 2.75) is 12.5 Å². The predicted octanol–water partition coefficient (Wildman–Crippen LogP) is 5.38. The number of likely N-dealkylation sites (N-methyl/N-ethyl adjacent to an activating group) is 1. The molecule has 1 N–H and O–H groups in total. The van der Waals surface area contributed by atoms with E-state index in [0.29, 0.717) is 6.04 Å². The van der Waals surface area contributed by atoms with Crippen molar-refractivity contribution in [3.63, 3.8) is 0 Å². The van der Waals surface area contributed by atoms with Crippen LogP contribution in [0.3, 0.4) is 0 Å². The number of hydrogen-bond acceptors (Lipinski definition) is 2. The maximum Gasteiger partial charge on any atom is 0.0701 e. The van der Waals surface area contributed by atoms with Crippen LogP contribution in [-0.4, -0.2) is 7.05 Å². The summed E-state index contributed by atoms with van der Waals surface area (Å²) in [5.74, 6) is 0. The van der Waals surface area contributed by atoms with Crippen LogP contribution in [-0.2, 0) is 6.42 Å². The second-order valence-corrected chi connectivity index (χ2v) is 8.54. The van der Waals surface area contributed by atoms with Crippen LogP contribution in [0.5, 0.6) is 0 Å². The van der Waals surface area contributed by atoms with Gasteiger partial charge in [0.2, 0.25) is 0 Å². The van der Waals surface area contributed by atoms with Crippen LogP contribution in [0.1, 0.15) is 16.5 Å². The van der Waals surface area contributed by atoms with Gasteiger partial charge in [-0.1, -0.05) is 15.9 Å². The van der Waals surface area contributed by atoms with Crippen LogP contribution in [0.4, 0.5) is 0 Å². The average Bonchev–Trinajstić information content (AvgIpc) is 2.75. The fourth-order valence-corrected chi connectivity index (χ4v) is 4.43. The SMILES string of the molecule is CNC(Cc1ccc(Br)s1)c1cc(Br)ccc1I. The molecule has 1 aromatic carbocycles. The van der Waals surface area contributed by atoms with Crippen LogP contribution in [0, 0.1) is 3.57 Å². The van der Waals surface area contributed by atoms with Gasteiger partial charge in [0.25, 0.3) is 0 Å². The Morgan fingerprint density at radius 2 is 2.06 bits per heavy atom. The highest BCUT2D eigenvalue weighted by atomic mass is 127. The molecule has 0 amide bonds. The molecule has 0 aliphatic rings. The van der Waals surface area contributed by atoms with Gasteiger partial charge in [-0.3, -0.25) is 0 Å².